The molecular weight excluding hydrogens is 259 g/mol. The van der Waals surface area contributed by atoms with Crippen molar-refractivity contribution >= 4 is 11.8 Å². The van der Waals surface area contributed by atoms with Crippen molar-refractivity contribution in [3.8, 4) is 0 Å². The van der Waals surface area contributed by atoms with Gasteiger partial charge in [0.05, 0.1) is 0 Å². The molecule has 0 bridgehead atoms. The van der Waals surface area contributed by atoms with Crippen molar-refractivity contribution < 1.29 is 16.8 Å². The molecule has 2 unspecified atom stereocenters. The molecule has 0 radical (unpaired) electrons. The second kappa shape index (κ2) is 6.03. The molecule has 112 valence electrons. The molecule has 4 nitrogen and oxygen atoms in total. The van der Waals surface area contributed by atoms with Crippen LogP contribution >= 0.6 is 0 Å². The molecular formula is C15H23FN2O2. The maximum atomic E-state index is 13.6. The first-order valence-corrected chi connectivity index (χ1v) is 6.76. The molecule has 2 N–H and O–H groups in total. The highest BCUT2D eigenvalue weighted by Gasteiger charge is 2.27. The Morgan fingerprint density at radius 3 is 3.00 bits per heavy atom. The minimum atomic E-state index is -0.480. The van der Waals surface area contributed by atoms with Crippen LogP contribution in [0.4, 0.5) is 4.39 Å². The van der Waals surface area contributed by atoms with Crippen molar-refractivity contribution in [2.45, 2.75) is 38.6 Å². The number of nitrogens with one attached hydrogen (secondary N) is 2. The van der Waals surface area contributed by atoms with Crippen LogP contribution in [-0.4, -0.2) is 17.9 Å². The third-order valence-electron chi connectivity index (χ3n) is 3.38. The first-order chi connectivity index (χ1) is 9.44. The van der Waals surface area contributed by atoms with Crippen LogP contribution in [0, 0.1) is 5.92 Å². The predicted molar refractivity (Wildman–Crippen MR) is 78.3 cm³/mol. The molecule has 1 aliphatic carbocycles. The molecule has 0 aromatic carbocycles. The number of hydrogen-bond donors (Lipinski definition) is 2. The number of rotatable bonds is 4. The van der Waals surface area contributed by atoms with Gasteiger partial charge in [0.1, 0.15) is 11.9 Å². The van der Waals surface area contributed by atoms with Gasteiger partial charge in [-0.15, -0.1) is 6.58 Å². The number of carbonyl (C=O) groups is 2. The SMILES string of the molecule is C=C(C)CC1C=C(NC2CCC(=O)NC2=O)C=C(F)C1.[HH].[HH]. The Hall–Kier alpha value is -1.91. The zero-order chi connectivity index (χ0) is 14.7. The van der Waals surface area contributed by atoms with Crippen LogP contribution < -0.4 is 10.6 Å². The fourth-order valence-electron chi connectivity index (χ4n) is 2.54. The minimum Gasteiger partial charge on any atom is -0.374 e. The van der Waals surface area contributed by atoms with Gasteiger partial charge in [-0.05, 0) is 31.8 Å². The number of hydrogen-bond acceptors (Lipinski definition) is 3. The summed E-state index contributed by atoms with van der Waals surface area (Å²) in [5.74, 6) is -0.743. The van der Waals surface area contributed by atoms with Crippen LogP contribution in [0.2, 0.25) is 0 Å². The van der Waals surface area contributed by atoms with Gasteiger partial charge in [0.25, 0.3) is 0 Å². The molecule has 2 aliphatic rings. The Balaban J connectivity index is 0.00000220. The van der Waals surface area contributed by atoms with Gasteiger partial charge < -0.3 is 5.32 Å². The van der Waals surface area contributed by atoms with Crippen molar-refractivity contribution in [3.05, 3.63) is 35.8 Å². The van der Waals surface area contributed by atoms with Gasteiger partial charge in [-0.25, -0.2) is 4.39 Å². The molecule has 0 aromatic heterocycles. The molecule has 2 amide bonds. The first-order valence-electron chi connectivity index (χ1n) is 6.76. The lowest BCUT2D eigenvalue weighted by atomic mass is 9.92. The van der Waals surface area contributed by atoms with Crippen molar-refractivity contribution in [1.29, 1.82) is 0 Å². The highest BCUT2D eigenvalue weighted by atomic mass is 19.1. The average molecular weight is 282 g/mol. The maximum absolute atomic E-state index is 13.6. The molecule has 0 saturated carbocycles. The summed E-state index contributed by atoms with van der Waals surface area (Å²) in [6, 6.07) is -0.480. The first kappa shape index (κ1) is 14.5. The van der Waals surface area contributed by atoms with Crippen LogP contribution in [0.15, 0.2) is 35.8 Å². The number of piperidine rings is 1. The zero-order valence-electron chi connectivity index (χ0n) is 11.5. The minimum absolute atomic E-state index is 0. The van der Waals surface area contributed by atoms with Crippen LogP contribution in [0.5, 0.6) is 0 Å². The second-order valence-electron chi connectivity index (χ2n) is 5.49. The van der Waals surface area contributed by atoms with E-state index in [1.54, 1.807) is 0 Å². The van der Waals surface area contributed by atoms with E-state index in [-0.39, 0.29) is 26.4 Å². The summed E-state index contributed by atoms with van der Waals surface area (Å²) in [5, 5.41) is 5.29. The number of carbonyl (C=O) groups excluding carboxylic acids is 2. The summed E-state index contributed by atoms with van der Waals surface area (Å²) in [6.07, 6.45) is 5.18. The van der Waals surface area contributed by atoms with Gasteiger partial charge in [0.15, 0.2) is 0 Å². The fraction of sp³-hybridized carbons (Fsp3) is 0.467. The molecule has 1 fully saturated rings. The third kappa shape index (κ3) is 3.79. The topological polar surface area (TPSA) is 58.2 Å². The Labute approximate surface area is 120 Å². The van der Waals surface area contributed by atoms with E-state index in [1.807, 2.05) is 13.0 Å². The van der Waals surface area contributed by atoms with E-state index in [0.717, 1.165) is 12.0 Å². The second-order valence-corrected chi connectivity index (χ2v) is 5.49. The Morgan fingerprint density at radius 2 is 2.35 bits per heavy atom. The molecule has 1 heterocycles. The predicted octanol–water partition coefficient (Wildman–Crippen LogP) is 2.60. The van der Waals surface area contributed by atoms with Crippen molar-refractivity contribution in [3.63, 3.8) is 0 Å². The van der Waals surface area contributed by atoms with E-state index in [9.17, 15) is 14.0 Å². The number of allylic oxidation sites excluding steroid dienone is 4. The summed E-state index contributed by atoms with van der Waals surface area (Å²) in [5.41, 5.74) is 1.61. The van der Waals surface area contributed by atoms with Crippen molar-refractivity contribution in [2.24, 2.45) is 5.92 Å². The smallest absolute Gasteiger partial charge is 0.249 e. The summed E-state index contributed by atoms with van der Waals surface area (Å²) >= 11 is 0. The normalized spacial score (nSPS) is 26.5. The van der Waals surface area contributed by atoms with Gasteiger partial charge >= 0.3 is 0 Å². The van der Waals surface area contributed by atoms with E-state index < -0.39 is 6.04 Å². The molecule has 20 heavy (non-hydrogen) atoms. The number of halogens is 1. The Kier molecular flexibility index (Phi) is 4.37. The highest BCUT2D eigenvalue weighted by molar-refractivity contribution is 6.00. The monoisotopic (exact) mass is 282 g/mol. The molecule has 2 atom stereocenters. The van der Waals surface area contributed by atoms with Crippen LogP contribution in [-0.2, 0) is 9.59 Å². The lowest BCUT2D eigenvalue weighted by molar-refractivity contribution is -0.134. The zero-order valence-corrected chi connectivity index (χ0v) is 11.5. The lowest BCUT2D eigenvalue weighted by Gasteiger charge is -2.26. The largest absolute Gasteiger partial charge is 0.374 e. The summed E-state index contributed by atoms with van der Waals surface area (Å²) in [4.78, 5) is 22.7. The van der Waals surface area contributed by atoms with E-state index >= 15 is 0 Å². The third-order valence-corrected chi connectivity index (χ3v) is 3.38. The Bertz CT molecular complexity index is 516. The van der Waals surface area contributed by atoms with Gasteiger partial charge in [0, 0.05) is 21.4 Å². The number of amides is 2. The van der Waals surface area contributed by atoms with E-state index in [4.69, 9.17) is 0 Å². The van der Waals surface area contributed by atoms with Gasteiger partial charge in [-0.1, -0.05) is 11.6 Å². The number of imide groups is 1. The standard InChI is InChI=1S/C15H19FN2O2.2H2/c1-9(2)5-10-6-11(16)8-12(7-10)17-13-3-4-14(19)18-15(13)20;;/h7-8,10,13,17H,1,3-6H2,2H3,(H,18,19,20);2*1H. The average Bonchev–Trinajstić information content (AvgIpc) is 2.31. The van der Waals surface area contributed by atoms with Crippen LogP contribution in [0.3, 0.4) is 0 Å². The van der Waals surface area contributed by atoms with Gasteiger partial charge in [0.2, 0.25) is 11.8 Å². The van der Waals surface area contributed by atoms with E-state index in [2.05, 4.69) is 17.2 Å². The quantitative estimate of drug-likeness (QED) is 0.615. The van der Waals surface area contributed by atoms with Gasteiger partial charge in [-0.3, -0.25) is 14.9 Å². The van der Waals surface area contributed by atoms with Crippen molar-refractivity contribution in [1.82, 2.24) is 10.6 Å². The molecule has 0 aromatic rings. The molecule has 1 aliphatic heterocycles. The van der Waals surface area contributed by atoms with E-state index in [0.29, 0.717) is 25.0 Å². The lowest BCUT2D eigenvalue weighted by Crippen LogP contribution is -2.50. The molecule has 0 spiro atoms. The Morgan fingerprint density at radius 1 is 1.60 bits per heavy atom. The van der Waals surface area contributed by atoms with Crippen LogP contribution in [0.1, 0.15) is 35.5 Å². The fourth-order valence-corrected chi connectivity index (χ4v) is 2.54. The van der Waals surface area contributed by atoms with E-state index in [1.165, 1.54) is 6.08 Å². The molecule has 5 heteroatoms. The maximum Gasteiger partial charge on any atom is 0.249 e. The highest BCUT2D eigenvalue weighted by Crippen LogP contribution is 2.27. The van der Waals surface area contributed by atoms with Crippen LogP contribution in [0.25, 0.3) is 0 Å². The summed E-state index contributed by atoms with van der Waals surface area (Å²) in [6.45, 7) is 5.76. The molecule has 2 rings (SSSR count). The van der Waals surface area contributed by atoms with Crippen molar-refractivity contribution in [2.75, 3.05) is 0 Å². The van der Waals surface area contributed by atoms with Gasteiger partial charge in [-0.2, -0.15) is 0 Å². The summed E-state index contributed by atoms with van der Waals surface area (Å²) in [7, 11) is 0. The molecule has 1 saturated heterocycles. The summed E-state index contributed by atoms with van der Waals surface area (Å²) < 4.78 is 13.6.